The van der Waals surface area contributed by atoms with Crippen LogP contribution in [0.25, 0.3) is 0 Å². The average Bonchev–Trinajstić information content (AvgIpc) is 3.07. The molecule has 4 nitrogen and oxygen atoms in total. The summed E-state index contributed by atoms with van der Waals surface area (Å²) in [6.07, 6.45) is 8.72. The lowest BCUT2D eigenvalue weighted by atomic mass is 9.79. The number of carbonyl (C=O) groups is 1. The molecule has 1 saturated carbocycles. The molecule has 0 bridgehead atoms. The highest BCUT2D eigenvalue weighted by Crippen LogP contribution is 2.46. The van der Waals surface area contributed by atoms with Crippen molar-refractivity contribution in [2.75, 3.05) is 13.2 Å². The predicted octanol–water partition coefficient (Wildman–Crippen LogP) is 2.79. The van der Waals surface area contributed by atoms with Gasteiger partial charge in [-0.2, -0.15) is 0 Å². The highest BCUT2D eigenvalue weighted by Gasteiger charge is 2.46. The van der Waals surface area contributed by atoms with Crippen LogP contribution in [-0.4, -0.2) is 30.8 Å². The number of rotatable bonds is 6. The van der Waals surface area contributed by atoms with E-state index in [1.807, 2.05) is 13.8 Å². The van der Waals surface area contributed by atoms with Crippen molar-refractivity contribution in [3.05, 3.63) is 0 Å². The van der Waals surface area contributed by atoms with Crippen molar-refractivity contribution in [1.29, 1.82) is 0 Å². The van der Waals surface area contributed by atoms with Crippen LogP contribution in [0.5, 0.6) is 0 Å². The molecule has 1 spiro atoms. The summed E-state index contributed by atoms with van der Waals surface area (Å²) in [5.74, 6) is -0.152. The molecule has 0 radical (unpaired) electrons. The second-order valence-electron chi connectivity index (χ2n) is 6.43. The monoisotopic (exact) mass is 283 g/mol. The highest BCUT2D eigenvalue weighted by molar-refractivity contribution is 5.77. The van der Waals surface area contributed by atoms with Gasteiger partial charge in [-0.3, -0.25) is 4.79 Å². The molecule has 1 aliphatic heterocycles. The fraction of sp³-hybridized carbons (Fsp3) is 0.938. The summed E-state index contributed by atoms with van der Waals surface area (Å²) in [6, 6.07) is 0. The number of hydrogen-bond acceptors (Lipinski definition) is 4. The van der Waals surface area contributed by atoms with Crippen LogP contribution < -0.4 is 5.73 Å². The Morgan fingerprint density at radius 2 is 2.05 bits per heavy atom. The SMILES string of the molecule is CCOC(=O)C(CC)(CN)CC1CCC2(CCCC2)O1. The van der Waals surface area contributed by atoms with E-state index in [0.717, 1.165) is 19.3 Å². The first-order valence-electron chi connectivity index (χ1n) is 8.15. The Labute approximate surface area is 122 Å². The van der Waals surface area contributed by atoms with Crippen LogP contribution >= 0.6 is 0 Å². The summed E-state index contributed by atoms with van der Waals surface area (Å²) < 4.78 is 11.6. The van der Waals surface area contributed by atoms with E-state index in [4.69, 9.17) is 15.2 Å². The van der Waals surface area contributed by atoms with Gasteiger partial charge in [0, 0.05) is 6.54 Å². The van der Waals surface area contributed by atoms with Crippen molar-refractivity contribution in [3.63, 3.8) is 0 Å². The molecule has 2 N–H and O–H groups in total. The van der Waals surface area contributed by atoms with Gasteiger partial charge in [-0.05, 0) is 45.4 Å². The van der Waals surface area contributed by atoms with E-state index in [1.54, 1.807) is 0 Å². The number of hydrogen-bond donors (Lipinski definition) is 1. The lowest BCUT2D eigenvalue weighted by molar-refractivity contribution is -0.158. The number of carbonyl (C=O) groups excluding carboxylic acids is 1. The molecule has 2 aliphatic rings. The zero-order valence-corrected chi connectivity index (χ0v) is 13.0. The van der Waals surface area contributed by atoms with Crippen LogP contribution in [-0.2, 0) is 14.3 Å². The summed E-state index contributed by atoms with van der Waals surface area (Å²) >= 11 is 0. The molecule has 1 heterocycles. The third-order valence-electron chi connectivity index (χ3n) is 5.25. The molecule has 0 aromatic heterocycles. The van der Waals surface area contributed by atoms with Crippen molar-refractivity contribution in [3.8, 4) is 0 Å². The Morgan fingerprint density at radius 3 is 2.60 bits per heavy atom. The van der Waals surface area contributed by atoms with E-state index in [9.17, 15) is 4.79 Å². The van der Waals surface area contributed by atoms with Gasteiger partial charge in [-0.1, -0.05) is 19.8 Å². The molecule has 1 saturated heterocycles. The third-order valence-corrected chi connectivity index (χ3v) is 5.25. The smallest absolute Gasteiger partial charge is 0.313 e. The Hall–Kier alpha value is -0.610. The first-order valence-corrected chi connectivity index (χ1v) is 8.15. The molecule has 2 unspecified atom stereocenters. The maximum Gasteiger partial charge on any atom is 0.313 e. The van der Waals surface area contributed by atoms with Gasteiger partial charge in [0.15, 0.2) is 0 Å². The van der Waals surface area contributed by atoms with Crippen LogP contribution in [0.2, 0.25) is 0 Å². The highest BCUT2D eigenvalue weighted by atomic mass is 16.5. The van der Waals surface area contributed by atoms with Crippen LogP contribution in [0.1, 0.15) is 65.2 Å². The number of nitrogens with two attached hydrogens (primary N) is 1. The molecule has 1 aliphatic carbocycles. The van der Waals surface area contributed by atoms with Gasteiger partial charge in [0.1, 0.15) is 0 Å². The van der Waals surface area contributed by atoms with Gasteiger partial charge in [0.25, 0.3) is 0 Å². The fourth-order valence-corrected chi connectivity index (χ4v) is 3.83. The van der Waals surface area contributed by atoms with E-state index in [1.165, 1.54) is 25.7 Å². The standard InChI is InChI=1S/C16H29NO3/c1-3-15(12-17,14(18)19-4-2)11-13-7-10-16(20-13)8-5-6-9-16/h13H,3-12,17H2,1-2H3. The minimum atomic E-state index is -0.565. The van der Waals surface area contributed by atoms with Crippen LogP contribution in [0.4, 0.5) is 0 Å². The Bertz CT molecular complexity index is 333. The average molecular weight is 283 g/mol. The molecule has 0 aromatic carbocycles. The quantitative estimate of drug-likeness (QED) is 0.761. The van der Waals surface area contributed by atoms with Crippen molar-refractivity contribution in [1.82, 2.24) is 0 Å². The maximum absolute atomic E-state index is 12.3. The maximum atomic E-state index is 12.3. The topological polar surface area (TPSA) is 61.5 Å². The van der Waals surface area contributed by atoms with Crippen molar-refractivity contribution in [2.24, 2.45) is 11.1 Å². The normalized spacial score (nSPS) is 27.6. The largest absolute Gasteiger partial charge is 0.466 e. The van der Waals surface area contributed by atoms with Gasteiger partial charge in [0.2, 0.25) is 0 Å². The molecular formula is C16H29NO3. The van der Waals surface area contributed by atoms with Crippen LogP contribution in [0.15, 0.2) is 0 Å². The summed E-state index contributed by atoms with van der Waals surface area (Å²) in [4.78, 5) is 12.3. The summed E-state index contributed by atoms with van der Waals surface area (Å²) in [5, 5.41) is 0. The summed E-state index contributed by atoms with van der Waals surface area (Å²) in [7, 11) is 0. The van der Waals surface area contributed by atoms with Crippen molar-refractivity contribution in [2.45, 2.75) is 76.9 Å². The minimum Gasteiger partial charge on any atom is -0.466 e. The zero-order chi connectivity index (χ0) is 14.6. The van der Waals surface area contributed by atoms with Crippen LogP contribution in [0.3, 0.4) is 0 Å². The lowest BCUT2D eigenvalue weighted by Crippen LogP contribution is -2.42. The van der Waals surface area contributed by atoms with E-state index in [0.29, 0.717) is 19.6 Å². The molecule has 2 fully saturated rings. The third kappa shape index (κ3) is 3.01. The lowest BCUT2D eigenvalue weighted by Gasteiger charge is -2.32. The first-order chi connectivity index (χ1) is 9.60. The zero-order valence-electron chi connectivity index (χ0n) is 13.0. The van der Waals surface area contributed by atoms with E-state index >= 15 is 0 Å². The fourth-order valence-electron chi connectivity index (χ4n) is 3.83. The van der Waals surface area contributed by atoms with Gasteiger partial charge < -0.3 is 15.2 Å². The number of esters is 1. The molecular weight excluding hydrogens is 254 g/mol. The van der Waals surface area contributed by atoms with E-state index in [2.05, 4.69) is 0 Å². The van der Waals surface area contributed by atoms with E-state index < -0.39 is 5.41 Å². The van der Waals surface area contributed by atoms with Crippen molar-refractivity contribution < 1.29 is 14.3 Å². The van der Waals surface area contributed by atoms with E-state index in [-0.39, 0.29) is 17.7 Å². The molecule has 0 amide bonds. The number of ether oxygens (including phenoxy) is 2. The van der Waals surface area contributed by atoms with Gasteiger partial charge >= 0.3 is 5.97 Å². The molecule has 116 valence electrons. The summed E-state index contributed by atoms with van der Waals surface area (Å²) in [5.41, 5.74) is 5.47. The van der Waals surface area contributed by atoms with Gasteiger partial charge in [-0.25, -0.2) is 0 Å². The molecule has 0 aromatic rings. The second-order valence-corrected chi connectivity index (χ2v) is 6.43. The second kappa shape index (κ2) is 6.44. The predicted molar refractivity (Wildman–Crippen MR) is 78.3 cm³/mol. The Morgan fingerprint density at radius 1 is 1.35 bits per heavy atom. The first kappa shape index (κ1) is 15.8. The molecule has 20 heavy (non-hydrogen) atoms. The summed E-state index contributed by atoms with van der Waals surface area (Å²) in [6.45, 7) is 4.61. The Kier molecular flexibility index (Phi) is 5.08. The van der Waals surface area contributed by atoms with Crippen molar-refractivity contribution >= 4 is 5.97 Å². The van der Waals surface area contributed by atoms with Crippen LogP contribution in [0, 0.1) is 5.41 Å². The minimum absolute atomic E-state index is 0.118. The molecule has 2 atom stereocenters. The molecule has 2 rings (SSSR count). The van der Waals surface area contributed by atoms with Gasteiger partial charge in [0.05, 0.1) is 23.7 Å². The molecule has 4 heteroatoms. The Balaban J connectivity index is 2.00. The van der Waals surface area contributed by atoms with Gasteiger partial charge in [-0.15, -0.1) is 0 Å².